The van der Waals surface area contributed by atoms with E-state index in [1.807, 2.05) is 37.4 Å². The molecule has 2 aromatic heterocycles. The summed E-state index contributed by atoms with van der Waals surface area (Å²) in [4.78, 5) is 4.96. The maximum absolute atomic E-state index is 10.5. The maximum atomic E-state index is 10.5. The van der Waals surface area contributed by atoms with E-state index in [1.54, 1.807) is 29.5 Å². The van der Waals surface area contributed by atoms with Gasteiger partial charge < -0.3 is 9.84 Å². The smallest absolute Gasteiger partial charge is 0.138 e. The molecule has 1 unspecified atom stereocenters. The van der Waals surface area contributed by atoms with E-state index in [9.17, 15) is 5.11 Å². The van der Waals surface area contributed by atoms with Gasteiger partial charge in [-0.15, -0.1) is 11.3 Å². The zero-order valence-electron chi connectivity index (χ0n) is 11.1. The molecule has 0 aromatic carbocycles. The van der Waals surface area contributed by atoms with Crippen molar-refractivity contribution in [3.63, 3.8) is 0 Å². The molecular weight excluding hydrogens is 262 g/mol. The highest BCUT2D eigenvalue weighted by Gasteiger charge is 2.32. The quantitative estimate of drug-likeness (QED) is 0.910. The molecule has 1 atom stereocenters. The number of rotatable bonds is 5. The fourth-order valence-corrected chi connectivity index (χ4v) is 2.26. The molecule has 0 saturated carbocycles. The standard InChI is InChI=1S/C13H17N3O2S/c1-13(2,18-3)12(17)11(16-9-14-8-15-16)7-10-5-4-6-19-10/h4-9,12,17H,1-3H3/b11-7-. The molecule has 0 aliphatic carbocycles. The summed E-state index contributed by atoms with van der Waals surface area (Å²) in [6, 6.07) is 3.94. The van der Waals surface area contributed by atoms with Crippen molar-refractivity contribution in [2.45, 2.75) is 25.6 Å². The normalized spacial score (nSPS) is 14.6. The molecule has 0 aliphatic rings. The van der Waals surface area contributed by atoms with Gasteiger partial charge in [0.05, 0.1) is 11.3 Å². The Kier molecular flexibility index (Phi) is 4.14. The average Bonchev–Trinajstić information content (AvgIpc) is 3.07. The molecule has 0 fully saturated rings. The second-order valence-electron chi connectivity index (χ2n) is 4.63. The summed E-state index contributed by atoms with van der Waals surface area (Å²) in [5.41, 5.74) is -0.0820. The van der Waals surface area contributed by atoms with E-state index in [1.165, 1.54) is 6.33 Å². The van der Waals surface area contributed by atoms with Crippen molar-refractivity contribution in [2.24, 2.45) is 0 Å². The fourth-order valence-electron chi connectivity index (χ4n) is 1.60. The highest BCUT2D eigenvalue weighted by Crippen LogP contribution is 2.26. The van der Waals surface area contributed by atoms with Crippen LogP contribution in [0, 0.1) is 0 Å². The van der Waals surface area contributed by atoms with E-state index in [0.717, 1.165) is 4.88 Å². The minimum Gasteiger partial charge on any atom is -0.384 e. The lowest BCUT2D eigenvalue weighted by atomic mass is 9.98. The lowest BCUT2D eigenvalue weighted by Gasteiger charge is -2.30. The van der Waals surface area contributed by atoms with Gasteiger partial charge in [-0.25, -0.2) is 9.67 Å². The van der Waals surface area contributed by atoms with Crippen molar-refractivity contribution >= 4 is 23.1 Å². The Morgan fingerprint density at radius 1 is 1.58 bits per heavy atom. The van der Waals surface area contributed by atoms with Crippen molar-refractivity contribution in [3.8, 4) is 0 Å². The number of hydrogen-bond donors (Lipinski definition) is 1. The second kappa shape index (κ2) is 5.64. The van der Waals surface area contributed by atoms with Crippen molar-refractivity contribution in [1.29, 1.82) is 0 Å². The first kappa shape index (κ1) is 13.9. The van der Waals surface area contributed by atoms with E-state index in [2.05, 4.69) is 10.1 Å². The van der Waals surface area contributed by atoms with Crippen molar-refractivity contribution in [2.75, 3.05) is 7.11 Å². The number of hydrogen-bond acceptors (Lipinski definition) is 5. The van der Waals surface area contributed by atoms with Gasteiger partial charge >= 0.3 is 0 Å². The van der Waals surface area contributed by atoms with Crippen LogP contribution in [0.4, 0.5) is 0 Å². The highest BCUT2D eigenvalue weighted by molar-refractivity contribution is 7.10. The SMILES string of the molecule is COC(C)(C)C(O)/C(=C/c1cccs1)n1cncn1. The zero-order valence-corrected chi connectivity index (χ0v) is 12.0. The number of methoxy groups -OCH3 is 1. The molecule has 6 heteroatoms. The molecule has 102 valence electrons. The Balaban J connectivity index is 2.41. The number of ether oxygens (including phenoxy) is 1. The summed E-state index contributed by atoms with van der Waals surface area (Å²) in [7, 11) is 1.58. The summed E-state index contributed by atoms with van der Waals surface area (Å²) in [5, 5.41) is 16.6. The average molecular weight is 279 g/mol. The summed E-state index contributed by atoms with van der Waals surface area (Å²) in [5.74, 6) is 0. The molecule has 2 rings (SSSR count). The predicted octanol–water partition coefficient (Wildman–Crippen LogP) is 2.12. The molecular formula is C13H17N3O2S. The van der Waals surface area contributed by atoms with Gasteiger partial charge in [0.25, 0.3) is 0 Å². The van der Waals surface area contributed by atoms with Crippen LogP contribution >= 0.6 is 11.3 Å². The molecule has 0 aliphatic heterocycles. The number of thiophene rings is 1. The van der Waals surface area contributed by atoms with Crippen LogP contribution in [-0.2, 0) is 4.74 Å². The largest absolute Gasteiger partial charge is 0.384 e. The molecule has 0 saturated heterocycles. The number of aliphatic hydroxyl groups is 1. The van der Waals surface area contributed by atoms with Gasteiger partial charge in [0, 0.05) is 12.0 Å². The van der Waals surface area contributed by atoms with Crippen molar-refractivity contribution < 1.29 is 9.84 Å². The Bertz CT molecular complexity index is 532. The number of aromatic nitrogens is 3. The van der Waals surface area contributed by atoms with E-state index in [0.29, 0.717) is 5.70 Å². The molecule has 19 heavy (non-hydrogen) atoms. The van der Waals surface area contributed by atoms with Crippen molar-refractivity contribution in [3.05, 3.63) is 35.0 Å². The minimum absolute atomic E-state index is 0.631. The Hall–Kier alpha value is -1.50. The molecule has 0 bridgehead atoms. The lowest BCUT2D eigenvalue weighted by molar-refractivity contribution is -0.0539. The summed E-state index contributed by atoms with van der Waals surface area (Å²) in [6.45, 7) is 3.66. The first-order valence-electron chi connectivity index (χ1n) is 5.88. The Labute approximate surface area is 116 Å². The zero-order chi connectivity index (χ0) is 13.9. The van der Waals surface area contributed by atoms with Gasteiger partial charge in [0.2, 0.25) is 0 Å². The molecule has 0 spiro atoms. The van der Waals surface area contributed by atoms with Crippen LogP contribution in [0.15, 0.2) is 30.2 Å². The van der Waals surface area contributed by atoms with Gasteiger partial charge in [-0.1, -0.05) is 6.07 Å². The summed E-state index contributed by atoms with van der Waals surface area (Å²) in [6.07, 6.45) is 4.08. The van der Waals surface area contributed by atoms with E-state index >= 15 is 0 Å². The molecule has 0 amide bonds. The number of nitrogens with zero attached hydrogens (tertiary/aromatic N) is 3. The lowest BCUT2D eigenvalue weighted by Crippen LogP contribution is -2.40. The van der Waals surface area contributed by atoms with Gasteiger partial charge in [0.15, 0.2) is 0 Å². The van der Waals surface area contributed by atoms with Gasteiger partial charge in [0.1, 0.15) is 18.8 Å². The maximum Gasteiger partial charge on any atom is 0.138 e. The Morgan fingerprint density at radius 3 is 2.89 bits per heavy atom. The van der Waals surface area contributed by atoms with Gasteiger partial charge in [-0.2, -0.15) is 5.10 Å². The van der Waals surface area contributed by atoms with Crippen LogP contribution in [0.25, 0.3) is 11.8 Å². The van der Waals surface area contributed by atoms with Crippen molar-refractivity contribution in [1.82, 2.24) is 14.8 Å². The van der Waals surface area contributed by atoms with Gasteiger partial charge in [-0.05, 0) is 31.4 Å². The Morgan fingerprint density at radius 2 is 2.37 bits per heavy atom. The molecule has 5 nitrogen and oxygen atoms in total. The van der Waals surface area contributed by atoms with E-state index in [-0.39, 0.29) is 0 Å². The van der Waals surface area contributed by atoms with Crippen LogP contribution in [0.5, 0.6) is 0 Å². The van der Waals surface area contributed by atoms with Crippen LogP contribution in [0.3, 0.4) is 0 Å². The molecule has 1 N–H and O–H groups in total. The molecule has 2 heterocycles. The number of aliphatic hydroxyl groups excluding tert-OH is 1. The monoisotopic (exact) mass is 279 g/mol. The topological polar surface area (TPSA) is 60.2 Å². The predicted molar refractivity (Wildman–Crippen MR) is 75.6 cm³/mol. The third kappa shape index (κ3) is 3.09. The summed E-state index contributed by atoms with van der Waals surface area (Å²) < 4.78 is 6.91. The highest BCUT2D eigenvalue weighted by atomic mass is 32.1. The summed E-state index contributed by atoms with van der Waals surface area (Å²) >= 11 is 1.59. The van der Waals surface area contributed by atoms with Gasteiger partial charge in [-0.3, -0.25) is 0 Å². The van der Waals surface area contributed by atoms with Crippen LogP contribution in [0.2, 0.25) is 0 Å². The van der Waals surface area contributed by atoms with Crippen LogP contribution in [-0.4, -0.2) is 38.7 Å². The first-order chi connectivity index (χ1) is 9.04. The molecule has 2 aromatic rings. The minimum atomic E-state index is -0.818. The fraction of sp³-hybridized carbons (Fsp3) is 0.385. The van der Waals surface area contributed by atoms with E-state index < -0.39 is 11.7 Å². The van der Waals surface area contributed by atoms with Crippen LogP contribution in [0.1, 0.15) is 18.7 Å². The first-order valence-corrected chi connectivity index (χ1v) is 6.76. The third-order valence-electron chi connectivity index (χ3n) is 2.98. The van der Waals surface area contributed by atoms with Crippen LogP contribution < -0.4 is 0 Å². The molecule has 0 radical (unpaired) electrons. The van der Waals surface area contributed by atoms with E-state index in [4.69, 9.17) is 4.74 Å². The second-order valence-corrected chi connectivity index (χ2v) is 5.61. The third-order valence-corrected chi connectivity index (χ3v) is 3.80.